The third kappa shape index (κ3) is 4.88. The Hall–Kier alpha value is -3.46. The second kappa shape index (κ2) is 9.16. The van der Waals surface area contributed by atoms with E-state index in [4.69, 9.17) is 0 Å². The van der Waals surface area contributed by atoms with Crippen LogP contribution in [0.5, 0.6) is 0 Å². The fourth-order valence-electron chi connectivity index (χ4n) is 2.66. The molecule has 148 valence electrons. The summed E-state index contributed by atoms with van der Waals surface area (Å²) in [6.45, 7) is 6.27. The van der Waals surface area contributed by atoms with Crippen LogP contribution in [0, 0.1) is 17.0 Å². The first-order valence-electron chi connectivity index (χ1n) is 8.77. The van der Waals surface area contributed by atoms with Gasteiger partial charge >= 0.3 is 0 Å². The molecule has 0 spiro atoms. The van der Waals surface area contributed by atoms with Gasteiger partial charge in [0.25, 0.3) is 5.69 Å². The number of hydrogen-bond donors (Lipinski definition) is 1. The molecule has 9 heteroatoms. The van der Waals surface area contributed by atoms with Crippen LogP contribution in [0.15, 0.2) is 66.3 Å². The molecule has 0 fully saturated rings. The van der Waals surface area contributed by atoms with Crippen molar-refractivity contribution in [1.82, 2.24) is 14.8 Å². The molecular weight excluding hydrogens is 390 g/mol. The number of carbonyl (C=O) groups excluding carboxylic acids is 1. The lowest BCUT2D eigenvalue weighted by Crippen LogP contribution is -2.15. The van der Waals surface area contributed by atoms with Crippen LogP contribution in [-0.4, -0.2) is 31.3 Å². The molecule has 1 amide bonds. The van der Waals surface area contributed by atoms with Gasteiger partial charge in [0, 0.05) is 18.2 Å². The third-order valence-electron chi connectivity index (χ3n) is 4.05. The van der Waals surface area contributed by atoms with Crippen LogP contribution in [-0.2, 0) is 11.3 Å². The Morgan fingerprint density at radius 1 is 1.24 bits per heavy atom. The van der Waals surface area contributed by atoms with E-state index in [1.165, 1.54) is 23.9 Å². The molecule has 0 unspecified atom stereocenters. The number of nitrogens with zero attached hydrogens (tertiary/aromatic N) is 4. The lowest BCUT2D eigenvalue weighted by atomic mass is 10.1. The number of carbonyl (C=O) groups is 1. The zero-order chi connectivity index (χ0) is 20.8. The molecule has 1 heterocycles. The number of anilines is 1. The zero-order valence-corrected chi connectivity index (χ0v) is 16.6. The number of hydrogen-bond acceptors (Lipinski definition) is 6. The van der Waals surface area contributed by atoms with Gasteiger partial charge in [0.1, 0.15) is 5.69 Å². The Morgan fingerprint density at radius 3 is 2.66 bits per heavy atom. The van der Waals surface area contributed by atoms with Crippen LogP contribution >= 0.6 is 11.8 Å². The van der Waals surface area contributed by atoms with E-state index >= 15 is 0 Å². The highest BCUT2D eigenvalue weighted by Crippen LogP contribution is 2.26. The van der Waals surface area contributed by atoms with Crippen molar-refractivity contribution in [1.29, 1.82) is 0 Å². The number of benzene rings is 2. The highest BCUT2D eigenvalue weighted by Gasteiger charge is 2.17. The SMILES string of the molecule is C=CCn1c(SCC(=O)Nc2ccccc2[N+](=O)[O-])nnc1-c1ccc(C)cc1. The molecule has 1 aromatic heterocycles. The maximum Gasteiger partial charge on any atom is 0.292 e. The summed E-state index contributed by atoms with van der Waals surface area (Å²) in [5.41, 5.74) is 2.07. The minimum atomic E-state index is -0.530. The molecular formula is C20H19N5O3S. The number of rotatable bonds is 8. The molecule has 29 heavy (non-hydrogen) atoms. The number of nitrogens with one attached hydrogen (secondary N) is 1. The van der Waals surface area contributed by atoms with Crippen LogP contribution in [0.2, 0.25) is 0 Å². The third-order valence-corrected chi connectivity index (χ3v) is 5.01. The fraction of sp³-hybridized carbons (Fsp3) is 0.150. The Bertz CT molecular complexity index is 1050. The molecule has 1 N–H and O–H groups in total. The van der Waals surface area contributed by atoms with Gasteiger partial charge in [-0.05, 0) is 13.0 Å². The quantitative estimate of drug-likeness (QED) is 0.260. The first kappa shape index (κ1) is 20.3. The van der Waals surface area contributed by atoms with E-state index in [1.54, 1.807) is 18.2 Å². The van der Waals surface area contributed by atoms with Crippen molar-refractivity contribution in [3.05, 3.63) is 76.9 Å². The van der Waals surface area contributed by atoms with E-state index < -0.39 is 4.92 Å². The first-order valence-corrected chi connectivity index (χ1v) is 9.75. The molecule has 0 aliphatic carbocycles. The van der Waals surface area contributed by atoms with Crippen molar-refractivity contribution < 1.29 is 9.72 Å². The van der Waals surface area contributed by atoms with Gasteiger partial charge < -0.3 is 5.32 Å². The van der Waals surface area contributed by atoms with Crippen LogP contribution in [0.3, 0.4) is 0 Å². The molecule has 0 aliphatic heterocycles. The van der Waals surface area contributed by atoms with E-state index in [9.17, 15) is 14.9 Å². The van der Waals surface area contributed by atoms with E-state index in [-0.39, 0.29) is 23.0 Å². The number of nitro benzene ring substituents is 1. The Balaban J connectivity index is 1.74. The van der Waals surface area contributed by atoms with Crippen molar-refractivity contribution in [2.24, 2.45) is 0 Å². The second-order valence-corrected chi connectivity index (χ2v) is 7.13. The Kier molecular flexibility index (Phi) is 6.40. The summed E-state index contributed by atoms with van der Waals surface area (Å²) in [5, 5.41) is 22.7. The number of amides is 1. The number of aromatic nitrogens is 3. The average Bonchev–Trinajstić information content (AvgIpc) is 3.10. The highest BCUT2D eigenvalue weighted by atomic mass is 32.2. The zero-order valence-electron chi connectivity index (χ0n) is 15.7. The summed E-state index contributed by atoms with van der Waals surface area (Å²) in [6.07, 6.45) is 1.73. The van der Waals surface area contributed by atoms with Gasteiger partial charge in [-0.3, -0.25) is 19.5 Å². The lowest BCUT2D eigenvalue weighted by Gasteiger charge is -2.08. The van der Waals surface area contributed by atoms with Gasteiger partial charge in [0.15, 0.2) is 11.0 Å². The molecule has 0 atom stereocenters. The van der Waals surface area contributed by atoms with Gasteiger partial charge in [-0.25, -0.2) is 0 Å². The van der Waals surface area contributed by atoms with Crippen LogP contribution in [0.25, 0.3) is 11.4 Å². The van der Waals surface area contributed by atoms with E-state index in [1.807, 2.05) is 35.8 Å². The molecule has 2 aromatic carbocycles. The lowest BCUT2D eigenvalue weighted by molar-refractivity contribution is -0.383. The summed E-state index contributed by atoms with van der Waals surface area (Å²) in [6, 6.07) is 13.9. The molecule has 8 nitrogen and oxygen atoms in total. The van der Waals surface area contributed by atoms with Gasteiger partial charge in [-0.1, -0.05) is 59.8 Å². The van der Waals surface area contributed by atoms with Gasteiger partial charge in [0.2, 0.25) is 5.91 Å². The van der Waals surface area contributed by atoms with Crippen molar-refractivity contribution in [3.63, 3.8) is 0 Å². The van der Waals surface area contributed by atoms with Crippen molar-refractivity contribution >= 4 is 29.0 Å². The molecule has 0 aliphatic rings. The van der Waals surface area contributed by atoms with Crippen molar-refractivity contribution in [2.45, 2.75) is 18.6 Å². The maximum atomic E-state index is 12.3. The van der Waals surface area contributed by atoms with E-state index in [2.05, 4.69) is 22.1 Å². The second-order valence-electron chi connectivity index (χ2n) is 6.18. The van der Waals surface area contributed by atoms with Gasteiger partial charge in [-0.15, -0.1) is 16.8 Å². The monoisotopic (exact) mass is 409 g/mol. The van der Waals surface area contributed by atoms with Gasteiger partial charge in [0.05, 0.1) is 10.7 Å². The Labute approximate surface area is 171 Å². The molecule has 0 radical (unpaired) electrons. The fourth-order valence-corrected chi connectivity index (χ4v) is 3.41. The molecule has 0 saturated carbocycles. The van der Waals surface area contributed by atoms with Crippen LogP contribution < -0.4 is 5.32 Å². The largest absolute Gasteiger partial charge is 0.320 e. The minimum Gasteiger partial charge on any atom is -0.320 e. The predicted octanol–water partition coefficient (Wildman–Crippen LogP) is 4.08. The smallest absolute Gasteiger partial charge is 0.292 e. The molecule has 3 aromatic rings. The van der Waals surface area contributed by atoms with Crippen LogP contribution in [0.4, 0.5) is 11.4 Å². The number of nitro groups is 1. The highest BCUT2D eigenvalue weighted by molar-refractivity contribution is 7.99. The van der Waals surface area contributed by atoms with Crippen molar-refractivity contribution in [3.8, 4) is 11.4 Å². The van der Waals surface area contributed by atoms with Crippen molar-refractivity contribution in [2.75, 3.05) is 11.1 Å². The normalized spacial score (nSPS) is 10.5. The summed E-state index contributed by atoms with van der Waals surface area (Å²) < 4.78 is 1.88. The summed E-state index contributed by atoms with van der Waals surface area (Å²) in [5.74, 6) is 0.357. The molecule has 0 saturated heterocycles. The Morgan fingerprint density at radius 2 is 1.97 bits per heavy atom. The maximum absolute atomic E-state index is 12.3. The average molecular weight is 409 g/mol. The predicted molar refractivity (Wildman–Crippen MR) is 113 cm³/mol. The summed E-state index contributed by atoms with van der Waals surface area (Å²) in [7, 11) is 0. The minimum absolute atomic E-state index is 0.0369. The summed E-state index contributed by atoms with van der Waals surface area (Å²) >= 11 is 1.21. The number of allylic oxidation sites excluding steroid dienone is 1. The first-order chi connectivity index (χ1) is 14.0. The molecule has 3 rings (SSSR count). The van der Waals surface area contributed by atoms with E-state index in [0.717, 1.165) is 11.1 Å². The molecule has 0 bridgehead atoms. The topological polar surface area (TPSA) is 103 Å². The number of thioether (sulfide) groups is 1. The van der Waals surface area contributed by atoms with Crippen LogP contribution in [0.1, 0.15) is 5.56 Å². The van der Waals surface area contributed by atoms with E-state index in [0.29, 0.717) is 17.5 Å². The number of aryl methyl sites for hydroxylation is 1. The number of para-hydroxylation sites is 2. The standard InChI is InChI=1S/C20H19N5O3S/c1-3-12-24-19(15-10-8-14(2)9-11-15)22-23-20(24)29-13-18(26)21-16-6-4-5-7-17(16)25(27)28/h3-11H,1,12-13H2,2H3,(H,21,26). The van der Waals surface area contributed by atoms with Gasteiger partial charge in [-0.2, -0.15) is 0 Å². The summed E-state index contributed by atoms with van der Waals surface area (Å²) in [4.78, 5) is 22.9.